The van der Waals surface area contributed by atoms with E-state index in [-0.39, 0.29) is 23.1 Å². The van der Waals surface area contributed by atoms with Gasteiger partial charge < -0.3 is 14.8 Å². The number of hydrogen-bond donors (Lipinski definition) is 1. The number of halogens is 2. The molecule has 4 rings (SSSR count). The molecule has 1 unspecified atom stereocenters. The Kier molecular flexibility index (Phi) is 6.06. The maximum absolute atomic E-state index is 12.4. The van der Waals surface area contributed by atoms with Gasteiger partial charge in [-0.3, -0.25) is 14.5 Å². The summed E-state index contributed by atoms with van der Waals surface area (Å²) in [4.78, 5) is 16.6. The predicted molar refractivity (Wildman–Crippen MR) is 112 cm³/mol. The van der Waals surface area contributed by atoms with Gasteiger partial charge in [-0.15, -0.1) is 5.10 Å². The number of pyridine rings is 1. The number of anilines is 1. The molecule has 1 fully saturated rings. The summed E-state index contributed by atoms with van der Waals surface area (Å²) >= 11 is 0. The van der Waals surface area contributed by atoms with E-state index in [0.717, 1.165) is 23.5 Å². The summed E-state index contributed by atoms with van der Waals surface area (Å²) in [6.07, 6.45) is 2.17. The van der Waals surface area contributed by atoms with Crippen molar-refractivity contribution >= 4 is 5.69 Å². The van der Waals surface area contributed by atoms with Crippen molar-refractivity contribution in [2.75, 3.05) is 11.9 Å². The van der Waals surface area contributed by atoms with Crippen LogP contribution in [0.4, 0.5) is 14.5 Å². The topological polar surface area (TPSA) is 96.1 Å². The Balaban J connectivity index is 1.35. The van der Waals surface area contributed by atoms with Crippen LogP contribution in [0.2, 0.25) is 0 Å². The molecule has 11 heteroatoms. The molecule has 3 aromatic heterocycles. The molecule has 1 aliphatic rings. The van der Waals surface area contributed by atoms with Crippen LogP contribution in [0.5, 0.6) is 11.6 Å². The lowest BCUT2D eigenvalue weighted by Gasteiger charge is -2.11. The van der Waals surface area contributed by atoms with E-state index in [9.17, 15) is 13.6 Å². The first-order valence-corrected chi connectivity index (χ1v) is 10.2. The van der Waals surface area contributed by atoms with Crippen LogP contribution in [-0.4, -0.2) is 37.8 Å². The molecule has 170 valence electrons. The van der Waals surface area contributed by atoms with Gasteiger partial charge in [-0.2, -0.15) is 13.9 Å². The second-order valence-electron chi connectivity index (χ2n) is 7.79. The standard InChI is InChI=1S/C21H24F2N6O3/c1-12-6-14(28(2)26-12)9-24-18-8-19(27-29(3)20(18)30)31-11-13-7-16(13)17-5-4-15(10-25-17)32-21(22)23/h4-6,8,10,13,16,21,24H,7,9,11H2,1-3H3/t13?,16-/m1/s1. The van der Waals surface area contributed by atoms with Crippen molar-refractivity contribution in [1.29, 1.82) is 0 Å². The predicted octanol–water partition coefficient (Wildman–Crippen LogP) is 2.61. The van der Waals surface area contributed by atoms with Crippen molar-refractivity contribution < 1.29 is 18.3 Å². The fourth-order valence-electron chi connectivity index (χ4n) is 3.56. The van der Waals surface area contributed by atoms with Crippen molar-refractivity contribution in [2.45, 2.75) is 32.4 Å². The lowest BCUT2D eigenvalue weighted by molar-refractivity contribution is -0.0500. The molecule has 0 spiro atoms. The van der Waals surface area contributed by atoms with E-state index in [1.165, 1.54) is 16.9 Å². The third-order valence-corrected chi connectivity index (χ3v) is 5.33. The minimum absolute atomic E-state index is 0.0351. The molecule has 1 saturated carbocycles. The van der Waals surface area contributed by atoms with Crippen molar-refractivity contribution in [3.63, 3.8) is 0 Å². The Morgan fingerprint density at radius 1 is 1.22 bits per heavy atom. The van der Waals surface area contributed by atoms with Crippen molar-refractivity contribution in [1.82, 2.24) is 24.5 Å². The van der Waals surface area contributed by atoms with Gasteiger partial charge in [-0.25, -0.2) is 4.68 Å². The average molecular weight is 446 g/mol. The van der Waals surface area contributed by atoms with Crippen LogP contribution >= 0.6 is 0 Å². The van der Waals surface area contributed by atoms with Gasteiger partial charge in [0.1, 0.15) is 11.4 Å². The van der Waals surface area contributed by atoms with Crippen LogP contribution in [0.1, 0.15) is 29.4 Å². The van der Waals surface area contributed by atoms with Crippen LogP contribution in [-0.2, 0) is 20.6 Å². The molecule has 3 heterocycles. The Morgan fingerprint density at radius 2 is 2.03 bits per heavy atom. The Bertz CT molecular complexity index is 1150. The van der Waals surface area contributed by atoms with E-state index < -0.39 is 6.61 Å². The highest BCUT2D eigenvalue weighted by atomic mass is 19.3. The van der Waals surface area contributed by atoms with E-state index in [2.05, 4.69) is 25.2 Å². The minimum Gasteiger partial charge on any atom is -0.476 e. The maximum atomic E-state index is 12.4. The first kappa shape index (κ1) is 21.7. The van der Waals surface area contributed by atoms with Gasteiger partial charge in [-0.1, -0.05) is 0 Å². The molecule has 1 aliphatic carbocycles. The molecule has 1 N–H and O–H groups in total. The largest absolute Gasteiger partial charge is 0.476 e. The molecular formula is C21H24F2N6O3. The molecular weight excluding hydrogens is 422 g/mol. The summed E-state index contributed by atoms with van der Waals surface area (Å²) < 4.78 is 37.7. The minimum atomic E-state index is -2.87. The van der Waals surface area contributed by atoms with Gasteiger partial charge in [0.05, 0.1) is 30.7 Å². The van der Waals surface area contributed by atoms with E-state index in [1.54, 1.807) is 23.9 Å². The summed E-state index contributed by atoms with van der Waals surface area (Å²) in [6, 6.07) is 6.72. The maximum Gasteiger partial charge on any atom is 0.387 e. The summed E-state index contributed by atoms with van der Waals surface area (Å²) in [5.41, 5.74) is 2.79. The molecule has 0 radical (unpaired) electrons. The van der Waals surface area contributed by atoms with Crippen molar-refractivity contribution in [3.05, 3.63) is 57.9 Å². The Morgan fingerprint density at radius 3 is 2.69 bits per heavy atom. The van der Waals surface area contributed by atoms with E-state index in [1.807, 2.05) is 20.0 Å². The third-order valence-electron chi connectivity index (χ3n) is 5.33. The summed E-state index contributed by atoms with van der Waals surface area (Å²) in [5, 5.41) is 11.6. The molecule has 0 aliphatic heterocycles. The highest BCUT2D eigenvalue weighted by Crippen LogP contribution is 2.46. The summed E-state index contributed by atoms with van der Waals surface area (Å²) in [6.45, 7) is -0.107. The van der Waals surface area contributed by atoms with Gasteiger partial charge >= 0.3 is 6.61 Å². The molecule has 32 heavy (non-hydrogen) atoms. The van der Waals surface area contributed by atoms with E-state index >= 15 is 0 Å². The van der Waals surface area contributed by atoms with E-state index in [0.29, 0.717) is 24.7 Å². The number of alkyl halides is 2. The van der Waals surface area contributed by atoms with Crippen LogP contribution < -0.4 is 20.3 Å². The SMILES string of the molecule is Cc1cc(CNc2cc(OCC3C[C@H]3c3ccc(OC(F)F)cn3)nn(C)c2=O)n(C)n1. The molecule has 0 saturated heterocycles. The van der Waals surface area contributed by atoms with Gasteiger partial charge in [0.15, 0.2) is 0 Å². The average Bonchev–Trinajstić information content (AvgIpc) is 3.44. The molecule has 0 aromatic carbocycles. The van der Waals surface area contributed by atoms with Crippen LogP contribution in [0.15, 0.2) is 35.3 Å². The number of nitrogens with one attached hydrogen (secondary N) is 1. The molecule has 3 aromatic rings. The quantitative estimate of drug-likeness (QED) is 0.540. The summed E-state index contributed by atoms with van der Waals surface area (Å²) in [5.74, 6) is 0.800. The monoisotopic (exact) mass is 446 g/mol. The Hall–Kier alpha value is -3.50. The van der Waals surface area contributed by atoms with Crippen LogP contribution in [0.25, 0.3) is 0 Å². The smallest absolute Gasteiger partial charge is 0.387 e. The first-order valence-electron chi connectivity index (χ1n) is 10.2. The summed E-state index contributed by atoms with van der Waals surface area (Å²) in [7, 11) is 3.42. The lowest BCUT2D eigenvalue weighted by atomic mass is 10.2. The molecule has 0 bridgehead atoms. The molecule has 0 amide bonds. The Labute approximate surface area is 183 Å². The number of aromatic nitrogens is 5. The van der Waals surface area contributed by atoms with Gasteiger partial charge in [0.25, 0.3) is 5.56 Å². The highest BCUT2D eigenvalue weighted by molar-refractivity contribution is 5.43. The van der Waals surface area contributed by atoms with E-state index in [4.69, 9.17) is 4.74 Å². The fraction of sp³-hybridized carbons (Fsp3) is 0.429. The second kappa shape index (κ2) is 8.93. The van der Waals surface area contributed by atoms with Crippen molar-refractivity contribution in [3.8, 4) is 11.6 Å². The van der Waals surface area contributed by atoms with Crippen molar-refractivity contribution in [2.24, 2.45) is 20.0 Å². The normalized spacial score (nSPS) is 17.4. The van der Waals surface area contributed by atoms with Gasteiger partial charge in [-0.05, 0) is 31.5 Å². The number of aryl methyl sites for hydroxylation is 3. The zero-order chi connectivity index (χ0) is 22.8. The first-order chi connectivity index (χ1) is 15.3. The number of rotatable bonds is 9. The van der Waals surface area contributed by atoms with Crippen LogP contribution in [0, 0.1) is 12.8 Å². The second-order valence-corrected chi connectivity index (χ2v) is 7.79. The zero-order valence-corrected chi connectivity index (χ0v) is 18.0. The highest BCUT2D eigenvalue weighted by Gasteiger charge is 2.40. The van der Waals surface area contributed by atoms with Crippen LogP contribution in [0.3, 0.4) is 0 Å². The number of ether oxygens (including phenoxy) is 2. The third kappa shape index (κ3) is 5.04. The number of nitrogens with zero attached hydrogens (tertiary/aromatic N) is 5. The number of hydrogen-bond acceptors (Lipinski definition) is 7. The zero-order valence-electron chi connectivity index (χ0n) is 18.0. The van der Waals surface area contributed by atoms with Gasteiger partial charge in [0.2, 0.25) is 5.88 Å². The molecule has 2 atom stereocenters. The lowest BCUT2D eigenvalue weighted by Crippen LogP contribution is -2.24. The fourth-order valence-corrected chi connectivity index (χ4v) is 3.56. The van der Waals surface area contributed by atoms with Gasteiger partial charge in [0, 0.05) is 37.7 Å². The molecule has 9 nitrogen and oxygen atoms in total.